The van der Waals surface area contributed by atoms with Crippen LogP contribution in [-0.4, -0.2) is 24.4 Å². The molecule has 0 bridgehead atoms. The minimum absolute atomic E-state index is 0.197. The van der Waals surface area contributed by atoms with E-state index in [1.807, 2.05) is 38.1 Å². The first-order valence-corrected chi connectivity index (χ1v) is 9.79. The molecule has 1 aromatic heterocycles. The molecule has 0 saturated carbocycles. The van der Waals surface area contributed by atoms with E-state index >= 15 is 0 Å². The smallest absolute Gasteiger partial charge is 0.250 e. The van der Waals surface area contributed by atoms with Gasteiger partial charge in [-0.15, -0.1) is 0 Å². The monoisotopic (exact) mass is 421 g/mol. The molecule has 1 heterocycles. The molecule has 6 nitrogen and oxygen atoms in total. The standard InChI is InChI=1S/C24H24FN3O3/c1-15(2)20-10-9-19(24(26)30)23(27-20)17-6-4-16(5-7-17)13-28(14-29)21-12-18(25)8-11-22(21)31-3/h4-12,14-15H,13H2,1-3H3,(H2,26,30). The number of ether oxygens (including phenoxy) is 1. The maximum absolute atomic E-state index is 13.7. The number of nitrogens with two attached hydrogens (primary N) is 1. The Morgan fingerprint density at radius 2 is 1.87 bits per heavy atom. The van der Waals surface area contributed by atoms with Crippen LogP contribution in [-0.2, 0) is 11.3 Å². The van der Waals surface area contributed by atoms with Crippen molar-refractivity contribution in [3.05, 3.63) is 77.2 Å². The summed E-state index contributed by atoms with van der Waals surface area (Å²) in [5.74, 6) is -0.423. The highest BCUT2D eigenvalue weighted by atomic mass is 19.1. The van der Waals surface area contributed by atoms with Crippen molar-refractivity contribution in [2.45, 2.75) is 26.3 Å². The minimum atomic E-state index is -0.549. The van der Waals surface area contributed by atoms with Crippen molar-refractivity contribution >= 4 is 18.0 Å². The SMILES string of the molecule is COc1ccc(F)cc1N(C=O)Cc1ccc(-c2nc(C(C)C)ccc2C(N)=O)cc1. The summed E-state index contributed by atoms with van der Waals surface area (Å²) in [5.41, 5.74) is 9.13. The van der Waals surface area contributed by atoms with Crippen LogP contribution in [0.3, 0.4) is 0 Å². The molecule has 0 saturated heterocycles. The van der Waals surface area contributed by atoms with Gasteiger partial charge in [0.2, 0.25) is 6.41 Å². The third-order valence-corrected chi connectivity index (χ3v) is 4.93. The zero-order chi connectivity index (χ0) is 22.5. The van der Waals surface area contributed by atoms with E-state index in [1.165, 1.54) is 30.2 Å². The molecule has 0 aliphatic rings. The Bertz CT molecular complexity index is 1100. The van der Waals surface area contributed by atoms with Gasteiger partial charge in [-0.1, -0.05) is 38.1 Å². The Morgan fingerprint density at radius 1 is 1.16 bits per heavy atom. The molecule has 0 atom stereocenters. The number of aromatic nitrogens is 1. The third-order valence-electron chi connectivity index (χ3n) is 4.93. The summed E-state index contributed by atoms with van der Waals surface area (Å²) < 4.78 is 19.0. The number of anilines is 1. The zero-order valence-corrected chi connectivity index (χ0v) is 17.6. The van der Waals surface area contributed by atoms with Crippen LogP contribution >= 0.6 is 0 Å². The highest BCUT2D eigenvalue weighted by molar-refractivity contribution is 5.98. The first kappa shape index (κ1) is 22.0. The van der Waals surface area contributed by atoms with Gasteiger partial charge in [-0.05, 0) is 35.7 Å². The molecule has 7 heteroatoms. The predicted octanol–water partition coefficient (Wildman–Crippen LogP) is 4.28. The summed E-state index contributed by atoms with van der Waals surface area (Å²) >= 11 is 0. The summed E-state index contributed by atoms with van der Waals surface area (Å²) in [6, 6.07) is 14.8. The van der Waals surface area contributed by atoms with Crippen molar-refractivity contribution in [1.29, 1.82) is 0 Å². The number of methoxy groups -OCH3 is 1. The van der Waals surface area contributed by atoms with Gasteiger partial charge in [-0.2, -0.15) is 0 Å². The summed E-state index contributed by atoms with van der Waals surface area (Å²) in [6.07, 6.45) is 0.629. The quantitative estimate of drug-likeness (QED) is 0.550. The maximum Gasteiger partial charge on any atom is 0.250 e. The molecule has 0 aliphatic heterocycles. The van der Waals surface area contributed by atoms with E-state index in [9.17, 15) is 14.0 Å². The van der Waals surface area contributed by atoms with Crippen LogP contribution < -0.4 is 15.4 Å². The second-order valence-corrected chi connectivity index (χ2v) is 7.40. The third kappa shape index (κ3) is 4.88. The molecule has 0 unspecified atom stereocenters. The van der Waals surface area contributed by atoms with E-state index in [0.717, 1.165) is 16.8 Å². The Morgan fingerprint density at radius 3 is 2.45 bits per heavy atom. The van der Waals surface area contributed by atoms with Gasteiger partial charge in [0.1, 0.15) is 11.6 Å². The van der Waals surface area contributed by atoms with Crippen molar-refractivity contribution in [3.8, 4) is 17.0 Å². The molecule has 2 aromatic carbocycles. The molecule has 31 heavy (non-hydrogen) atoms. The number of benzene rings is 2. The predicted molar refractivity (Wildman–Crippen MR) is 117 cm³/mol. The van der Waals surface area contributed by atoms with Crippen LogP contribution in [0.15, 0.2) is 54.6 Å². The number of hydrogen-bond acceptors (Lipinski definition) is 4. The lowest BCUT2D eigenvalue weighted by molar-refractivity contribution is -0.107. The summed E-state index contributed by atoms with van der Waals surface area (Å²) in [7, 11) is 1.46. The fourth-order valence-corrected chi connectivity index (χ4v) is 3.25. The van der Waals surface area contributed by atoms with Gasteiger partial charge in [-0.3, -0.25) is 14.6 Å². The lowest BCUT2D eigenvalue weighted by atomic mass is 10.0. The number of primary amides is 1. The lowest BCUT2D eigenvalue weighted by Gasteiger charge is -2.20. The Balaban J connectivity index is 1.92. The van der Waals surface area contributed by atoms with Crippen LogP contribution in [0.2, 0.25) is 0 Å². The first-order chi connectivity index (χ1) is 14.8. The van der Waals surface area contributed by atoms with Gasteiger partial charge in [0.15, 0.2) is 0 Å². The number of carbonyl (C=O) groups excluding carboxylic acids is 2. The number of carbonyl (C=O) groups is 2. The highest BCUT2D eigenvalue weighted by Crippen LogP contribution is 2.30. The Labute approximate surface area is 180 Å². The highest BCUT2D eigenvalue weighted by Gasteiger charge is 2.16. The van der Waals surface area contributed by atoms with Crippen molar-refractivity contribution in [2.24, 2.45) is 5.73 Å². The molecule has 3 aromatic rings. The normalized spacial score (nSPS) is 10.7. The van der Waals surface area contributed by atoms with E-state index in [4.69, 9.17) is 10.5 Å². The molecule has 0 spiro atoms. The van der Waals surface area contributed by atoms with Crippen LogP contribution in [0.1, 0.15) is 41.4 Å². The summed E-state index contributed by atoms with van der Waals surface area (Å²) in [5, 5.41) is 0. The summed E-state index contributed by atoms with van der Waals surface area (Å²) in [6.45, 7) is 4.26. The maximum atomic E-state index is 13.7. The number of nitrogens with zero attached hydrogens (tertiary/aromatic N) is 2. The number of amides is 2. The number of rotatable bonds is 8. The van der Waals surface area contributed by atoms with Crippen LogP contribution in [0.4, 0.5) is 10.1 Å². The van der Waals surface area contributed by atoms with E-state index in [2.05, 4.69) is 4.98 Å². The Hall–Kier alpha value is -3.74. The molecule has 0 radical (unpaired) electrons. The van der Waals surface area contributed by atoms with Crippen LogP contribution in [0.25, 0.3) is 11.3 Å². The molecule has 2 N–H and O–H groups in total. The van der Waals surface area contributed by atoms with Gasteiger partial charge in [-0.25, -0.2) is 4.39 Å². The van der Waals surface area contributed by atoms with Crippen molar-refractivity contribution in [3.63, 3.8) is 0 Å². The average Bonchev–Trinajstić information content (AvgIpc) is 2.77. The van der Waals surface area contributed by atoms with Gasteiger partial charge >= 0.3 is 0 Å². The first-order valence-electron chi connectivity index (χ1n) is 9.79. The molecule has 3 rings (SSSR count). The Kier molecular flexibility index (Phi) is 6.65. The molecular weight excluding hydrogens is 397 g/mol. The lowest BCUT2D eigenvalue weighted by Crippen LogP contribution is -2.21. The fraction of sp³-hybridized carbons (Fsp3) is 0.208. The van der Waals surface area contributed by atoms with Crippen molar-refractivity contribution in [2.75, 3.05) is 12.0 Å². The largest absolute Gasteiger partial charge is 0.495 e. The molecular formula is C24H24FN3O3. The van der Waals surface area contributed by atoms with E-state index in [1.54, 1.807) is 12.1 Å². The molecule has 0 aliphatic carbocycles. The average molecular weight is 421 g/mol. The van der Waals surface area contributed by atoms with E-state index < -0.39 is 11.7 Å². The van der Waals surface area contributed by atoms with E-state index in [0.29, 0.717) is 29.1 Å². The molecule has 0 fully saturated rings. The van der Waals surface area contributed by atoms with Crippen molar-refractivity contribution in [1.82, 2.24) is 4.98 Å². The second-order valence-electron chi connectivity index (χ2n) is 7.40. The van der Waals surface area contributed by atoms with Gasteiger partial charge in [0.25, 0.3) is 5.91 Å². The molecule has 160 valence electrons. The van der Waals surface area contributed by atoms with Gasteiger partial charge in [0, 0.05) is 17.3 Å². The zero-order valence-electron chi connectivity index (χ0n) is 17.6. The van der Waals surface area contributed by atoms with Crippen LogP contribution in [0, 0.1) is 5.82 Å². The number of pyridine rings is 1. The topological polar surface area (TPSA) is 85.5 Å². The van der Waals surface area contributed by atoms with Gasteiger partial charge in [0.05, 0.1) is 30.6 Å². The number of halogens is 1. The number of hydrogen-bond donors (Lipinski definition) is 1. The minimum Gasteiger partial charge on any atom is -0.495 e. The molecule has 2 amide bonds. The second kappa shape index (κ2) is 9.38. The fourth-order valence-electron chi connectivity index (χ4n) is 3.25. The van der Waals surface area contributed by atoms with Crippen molar-refractivity contribution < 1.29 is 18.7 Å². The summed E-state index contributed by atoms with van der Waals surface area (Å²) in [4.78, 5) is 29.5. The van der Waals surface area contributed by atoms with Crippen LogP contribution in [0.5, 0.6) is 5.75 Å². The van der Waals surface area contributed by atoms with Gasteiger partial charge < -0.3 is 15.4 Å². The van der Waals surface area contributed by atoms with E-state index in [-0.39, 0.29) is 12.5 Å².